The molecule has 0 aromatic carbocycles. The van der Waals surface area contributed by atoms with Gasteiger partial charge in [-0.2, -0.15) is 0 Å². The SMILES string of the molecule is CC(C)(CN)CCN1CCCCC1=O. The van der Waals surface area contributed by atoms with Crippen LogP contribution in [0.25, 0.3) is 0 Å². The molecule has 14 heavy (non-hydrogen) atoms. The summed E-state index contributed by atoms with van der Waals surface area (Å²) in [7, 11) is 0. The number of likely N-dealkylation sites (tertiary alicyclic amines) is 1. The standard InChI is InChI=1S/C11H22N2O/c1-11(2,9-12)6-8-13-7-4-3-5-10(13)14/h3-9,12H2,1-2H3. The van der Waals surface area contributed by atoms with E-state index in [4.69, 9.17) is 5.73 Å². The Balaban J connectivity index is 2.33. The van der Waals surface area contributed by atoms with Crippen molar-refractivity contribution in [3.05, 3.63) is 0 Å². The van der Waals surface area contributed by atoms with Crippen molar-refractivity contribution in [1.29, 1.82) is 0 Å². The molecule has 1 saturated heterocycles. The van der Waals surface area contributed by atoms with Crippen LogP contribution in [0, 0.1) is 5.41 Å². The first-order valence-corrected chi connectivity index (χ1v) is 5.53. The quantitative estimate of drug-likeness (QED) is 0.741. The number of hydrogen-bond donors (Lipinski definition) is 1. The number of nitrogens with two attached hydrogens (primary N) is 1. The van der Waals surface area contributed by atoms with Crippen LogP contribution in [0.15, 0.2) is 0 Å². The predicted molar refractivity (Wildman–Crippen MR) is 57.9 cm³/mol. The second-order valence-electron chi connectivity index (χ2n) is 4.96. The van der Waals surface area contributed by atoms with E-state index < -0.39 is 0 Å². The lowest BCUT2D eigenvalue weighted by atomic mass is 9.89. The maximum atomic E-state index is 11.5. The highest BCUT2D eigenvalue weighted by Gasteiger charge is 2.21. The fourth-order valence-electron chi connectivity index (χ4n) is 1.64. The van der Waals surface area contributed by atoms with Gasteiger partial charge in [-0.25, -0.2) is 0 Å². The van der Waals surface area contributed by atoms with Gasteiger partial charge in [-0.05, 0) is 31.2 Å². The highest BCUT2D eigenvalue weighted by atomic mass is 16.2. The van der Waals surface area contributed by atoms with Crippen molar-refractivity contribution in [1.82, 2.24) is 4.90 Å². The highest BCUT2D eigenvalue weighted by Crippen LogP contribution is 2.20. The molecule has 0 spiro atoms. The Kier molecular flexibility index (Phi) is 3.93. The van der Waals surface area contributed by atoms with Crippen LogP contribution in [0.4, 0.5) is 0 Å². The lowest BCUT2D eigenvalue weighted by molar-refractivity contribution is -0.133. The fraction of sp³-hybridized carbons (Fsp3) is 0.909. The van der Waals surface area contributed by atoms with Gasteiger partial charge in [0, 0.05) is 19.5 Å². The molecule has 82 valence electrons. The zero-order chi connectivity index (χ0) is 10.6. The van der Waals surface area contributed by atoms with Crippen molar-refractivity contribution >= 4 is 5.91 Å². The summed E-state index contributed by atoms with van der Waals surface area (Å²) < 4.78 is 0. The first-order valence-electron chi connectivity index (χ1n) is 5.53. The average molecular weight is 198 g/mol. The van der Waals surface area contributed by atoms with Gasteiger partial charge in [0.2, 0.25) is 5.91 Å². The Morgan fingerprint density at radius 2 is 2.14 bits per heavy atom. The second-order valence-corrected chi connectivity index (χ2v) is 4.96. The van der Waals surface area contributed by atoms with Crippen molar-refractivity contribution < 1.29 is 4.79 Å². The minimum Gasteiger partial charge on any atom is -0.343 e. The number of carbonyl (C=O) groups is 1. The average Bonchev–Trinajstić information content (AvgIpc) is 2.17. The number of hydrogen-bond acceptors (Lipinski definition) is 2. The monoisotopic (exact) mass is 198 g/mol. The third-order valence-electron chi connectivity index (χ3n) is 3.03. The van der Waals surface area contributed by atoms with Crippen LogP contribution in [0.1, 0.15) is 39.5 Å². The van der Waals surface area contributed by atoms with Gasteiger partial charge in [0.05, 0.1) is 0 Å². The molecule has 0 unspecified atom stereocenters. The van der Waals surface area contributed by atoms with E-state index in [-0.39, 0.29) is 5.41 Å². The molecule has 2 N–H and O–H groups in total. The Hall–Kier alpha value is -0.570. The molecule has 1 amide bonds. The van der Waals surface area contributed by atoms with Crippen molar-refractivity contribution in [2.24, 2.45) is 11.1 Å². The van der Waals surface area contributed by atoms with Gasteiger partial charge in [-0.3, -0.25) is 4.79 Å². The van der Waals surface area contributed by atoms with Crippen LogP contribution in [0.2, 0.25) is 0 Å². The normalized spacial score (nSPS) is 18.8. The summed E-state index contributed by atoms with van der Waals surface area (Å²) in [6, 6.07) is 0. The van der Waals surface area contributed by atoms with E-state index in [0.29, 0.717) is 12.5 Å². The largest absolute Gasteiger partial charge is 0.343 e. The van der Waals surface area contributed by atoms with Crippen molar-refractivity contribution in [2.45, 2.75) is 39.5 Å². The zero-order valence-corrected chi connectivity index (χ0v) is 9.38. The minimum atomic E-state index is 0.164. The molecule has 1 aliphatic rings. The van der Waals surface area contributed by atoms with Gasteiger partial charge in [0.15, 0.2) is 0 Å². The molecule has 0 bridgehead atoms. The lowest BCUT2D eigenvalue weighted by Crippen LogP contribution is -2.38. The molecule has 3 nitrogen and oxygen atoms in total. The number of rotatable bonds is 4. The van der Waals surface area contributed by atoms with Crippen LogP contribution in [-0.2, 0) is 4.79 Å². The van der Waals surface area contributed by atoms with Crippen molar-refractivity contribution in [3.8, 4) is 0 Å². The van der Waals surface area contributed by atoms with E-state index in [1.54, 1.807) is 0 Å². The summed E-state index contributed by atoms with van der Waals surface area (Å²) in [6.45, 7) is 6.82. The molecule has 0 radical (unpaired) electrons. The van der Waals surface area contributed by atoms with Gasteiger partial charge in [-0.1, -0.05) is 13.8 Å². The molecule has 0 aromatic heterocycles. The Labute approximate surface area is 86.6 Å². The van der Waals surface area contributed by atoms with E-state index >= 15 is 0 Å². The lowest BCUT2D eigenvalue weighted by Gasteiger charge is -2.30. The highest BCUT2D eigenvalue weighted by molar-refractivity contribution is 5.76. The molecule has 1 rings (SSSR count). The number of amides is 1. The zero-order valence-electron chi connectivity index (χ0n) is 9.38. The maximum Gasteiger partial charge on any atom is 0.222 e. The summed E-state index contributed by atoms with van der Waals surface area (Å²) in [6.07, 6.45) is 3.97. The molecule has 3 heteroatoms. The van der Waals surface area contributed by atoms with E-state index in [2.05, 4.69) is 13.8 Å². The molecule has 1 fully saturated rings. The van der Waals surface area contributed by atoms with Crippen LogP contribution in [-0.4, -0.2) is 30.4 Å². The van der Waals surface area contributed by atoms with Crippen LogP contribution in [0.5, 0.6) is 0 Å². The van der Waals surface area contributed by atoms with Crippen molar-refractivity contribution in [3.63, 3.8) is 0 Å². The maximum absolute atomic E-state index is 11.5. The first-order chi connectivity index (χ1) is 6.55. The summed E-state index contributed by atoms with van der Waals surface area (Å²) in [5.74, 6) is 0.323. The van der Waals surface area contributed by atoms with Gasteiger partial charge in [-0.15, -0.1) is 0 Å². The fourth-order valence-corrected chi connectivity index (χ4v) is 1.64. The van der Waals surface area contributed by atoms with Crippen LogP contribution < -0.4 is 5.73 Å². The molecular formula is C11H22N2O. The molecule has 0 saturated carbocycles. The van der Waals surface area contributed by atoms with E-state index in [9.17, 15) is 4.79 Å². The Bertz CT molecular complexity index is 201. The number of piperidine rings is 1. The van der Waals surface area contributed by atoms with Crippen LogP contribution in [0.3, 0.4) is 0 Å². The predicted octanol–water partition coefficient (Wildman–Crippen LogP) is 1.37. The summed E-state index contributed by atoms with van der Waals surface area (Å²) in [4.78, 5) is 13.5. The van der Waals surface area contributed by atoms with Gasteiger partial charge >= 0.3 is 0 Å². The molecule has 0 aliphatic carbocycles. The summed E-state index contributed by atoms with van der Waals surface area (Å²) >= 11 is 0. The Morgan fingerprint density at radius 1 is 1.43 bits per heavy atom. The van der Waals surface area contributed by atoms with Gasteiger partial charge in [0.25, 0.3) is 0 Å². The molecule has 0 atom stereocenters. The molecule has 0 aromatic rings. The van der Waals surface area contributed by atoms with Crippen LogP contribution >= 0.6 is 0 Å². The van der Waals surface area contributed by atoms with Gasteiger partial charge in [0.1, 0.15) is 0 Å². The molecule has 1 heterocycles. The third-order valence-corrected chi connectivity index (χ3v) is 3.03. The Morgan fingerprint density at radius 3 is 2.71 bits per heavy atom. The molecular weight excluding hydrogens is 176 g/mol. The number of carbonyl (C=O) groups excluding carboxylic acids is 1. The summed E-state index contributed by atoms with van der Waals surface area (Å²) in [5, 5.41) is 0. The summed E-state index contributed by atoms with van der Waals surface area (Å²) in [5.41, 5.74) is 5.82. The second kappa shape index (κ2) is 4.78. The van der Waals surface area contributed by atoms with Crippen molar-refractivity contribution in [2.75, 3.05) is 19.6 Å². The van der Waals surface area contributed by atoms with E-state index in [1.807, 2.05) is 4.90 Å². The first kappa shape index (κ1) is 11.5. The topological polar surface area (TPSA) is 46.3 Å². The smallest absolute Gasteiger partial charge is 0.222 e. The number of nitrogens with zero attached hydrogens (tertiary/aromatic N) is 1. The molecule has 1 aliphatic heterocycles. The van der Waals surface area contributed by atoms with E-state index in [1.165, 1.54) is 0 Å². The van der Waals surface area contributed by atoms with E-state index in [0.717, 1.165) is 38.8 Å². The third kappa shape index (κ3) is 3.29. The minimum absolute atomic E-state index is 0.164. The van der Waals surface area contributed by atoms with Gasteiger partial charge < -0.3 is 10.6 Å².